The highest BCUT2D eigenvalue weighted by molar-refractivity contribution is 6.31. The van der Waals surface area contributed by atoms with Crippen LogP contribution in [0.2, 0.25) is 5.02 Å². The Morgan fingerprint density at radius 2 is 0.808 bits per heavy atom. The summed E-state index contributed by atoms with van der Waals surface area (Å²) in [6, 6.07) is 34.0. The molecule has 0 saturated heterocycles. The summed E-state index contributed by atoms with van der Waals surface area (Å²) in [7, 11) is 10.6. The minimum absolute atomic E-state index is 0.0280. The molecule has 17 nitrogen and oxygen atoms in total. The van der Waals surface area contributed by atoms with E-state index in [9.17, 15) is 20.4 Å². The molecule has 0 fully saturated rings. The van der Waals surface area contributed by atoms with Gasteiger partial charge in [-0.25, -0.2) is 0 Å². The van der Waals surface area contributed by atoms with Crippen molar-refractivity contribution >= 4 is 55.2 Å². The smallest absolute Gasteiger partial charge is 0.0999 e. The van der Waals surface area contributed by atoms with Crippen LogP contribution in [0.15, 0.2) is 147 Å². The number of aromatic nitrogens is 9. The zero-order valence-corrected chi connectivity index (χ0v) is 60.1. The first-order chi connectivity index (χ1) is 47.7. The van der Waals surface area contributed by atoms with Crippen molar-refractivity contribution in [1.82, 2.24) is 62.6 Å². The number of fused-ring (bicyclic) bond motifs is 12. The van der Waals surface area contributed by atoms with Crippen molar-refractivity contribution in [2.45, 2.75) is 143 Å². The third kappa shape index (κ3) is 14.4. The van der Waals surface area contributed by atoms with E-state index < -0.39 is 24.4 Å². The van der Waals surface area contributed by atoms with Gasteiger partial charge in [0.1, 0.15) is 0 Å². The summed E-state index contributed by atoms with van der Waals surface area (Å²) in [5.41, 5.74) is 25.6. The van der Waals surface area contributed by atoms with E-state index in [1.807, 2.05) is 44.6 Å². The first kappa shape index (κ1) is 69.2. The summed E-state index contributed by atoms with van der Waals surface area (Å²) in [5, 5.41) is 53.3. The molecule has 0 spiro atoms. The molecule has 0 bridgehead atoms. The Morgan fingerprint density at radius 1 is 0.424 bits per heavy atom. The van der Waals surface area contributed by atoms with Crippen molar-refractivity contribution in [2.75, 3.05) is 54.4 Å². The van der Waals surface area contributed by atoms with Crippen LogP contribution in [-0.2, 0) is 78.5 Å². The van der Waals surface area contributed by atoms with Crippen LogP contribution in [-0.4, -0.2) is 137 Å². The molecule has 18 heteroatoms. The van der Waals surface area contributed by atoms with Gasteiger partial charge in [0.25, 0.3) is 0 Å². The molecular formula is C81H96ClN13O4. The zero-order valence-electron chi connectivity index (χ0n) is 59.3. The Morgan fingerprint density at radius 3 is 1.24 bits per heavy atom. The number of hydrogen-bond donors (Lipinski definition) is 4. The molecule has 5 unspecified atom stereocenters. The van der Waals surface area contributed by atoms with Gasteiger partial charge < -0.3 is 58.3 Å². The Balaban J connectivity index is 0.000000119. The number of halogens is 1. The fraction of sp³-hybridized carbons (Fsp3) is 0.383. The maximum absolute atomic E-state index is 11.0. The summed E-state index contributed by atoms with van der Waals surface area (Å²) in [5.74, 6) is 0. The van der Waals surface area contributed by atoms with Gasteiger partial charge in [0.05, 0.1) is 61.3 Å². The molecule has 8 aromatic heterocycles. The van der Waals surface area contributed by atoms with Crippen molar-refractivity contribution in [3.63, 3.8) is 0 Å². The molecule has 99 heavy (non-hydrogen) atoms. The van der Waals surface area contributed by atoms with Crippen LogP contribution >= 0.6 is 11.6 Å². The highest BCUT2D eigenvalue weighted by Crippen LogP contribution is 2.40. The first-order valence-corrected chi connectivity index (χ1v) is 35.3. The number of hydrogen-bond acceptors (Lipinski definition) is 12. The lowest BCUT2D eigenvalue weighted by molar-refractivity contribution is 0.121. The average molecular weight is 1350 g/mol. The van der Waals surface area contributed by atoms with Crippen molar-refractivity contribution in [3.8, 4) is 0 Å². The standard InChI is InChI=1S/2C21H25N3O.C20H22ClN3O.C19H24N4O/c1-14-4-5-19-17(12-14)18-13-23(3)11-8-20(18)24(19)15(2)21(25)16-6-9-22-10-7-16;1-14-4-5-19-17(10-14)18-12-23(3)9-7-20(18)24(19)13-21(25)16-6-8-22-11-15(16)2;1-13-3-4-18-15(9-13)16-11-23(2)8-6-19(16)24(18)12-20(25)14-5-7-22-10-17(14)21;1-13-4-5-17-15(8-13)16-11-21(2)7-6-18(16)23(17)12-19(24)14-9-20-22(3)10-14/h4-7,9-10,12,15,21,25H,8,11,13H2,1-3H3;4-6,8,10-11,21,25H,7,9,12-13H2,1-3H3;3-5,7,9-10,20,25H,6,8,11-12H2,1-2H3;4-5,8-10,19,24H,6-7,11-12H2,1-3H3. The van der Waals surface area contributed by atoms with E-state index in [1.165, 1.54) is 111 Å². The monoisotopic (exact) mass is 1350 g/mol. The number of aliphatic hydroxyl groups is 4. The third-order valence-electron chi connectivity index (χ3n) is 21.0. The molecule has 516 valence electrons. The Labute approximate surface area is 586 Å². The van der Waals surface area contributed by atoms with Gasteiger partial charge in [0.2, 0.25) is 0 Å². The van der Waals surface area contributed by atoms with Crippen molar-refractivity contribution in [2.24, 2.45) is 7.05 Å². The topological polar surface area (TPSA) is 170 Å². The van der Waals surface area contributed by atoms with Gasteiger partial charge in [-0.3, -0.25) is 19.6 Å². The van der Waals surface area contributed by atoms with E-state index in [0.717, 1.165) is 106 Å². The molecule has 4 aliphatic rings. The Bertz CT molecular complexity index is 4720. The van der Waals surface area contributed by atoms with E-state index in [-0.39, 0.29) is 6.04 Å². The molecule has 12 heterocycles. The van der Waals surface area contributed by atoms with E-state index in [0.29, 0.717) is 24.7 Å². The van der Waals surface area contributed by atoms with Crippen LogP contribution < -0.4 is 0 Å². The molecule has 12 aromatic rings. The van der Waals surface area contributed by atoms with Crippen molar-refractivity contribution < 1.29 is 20.4 Å². The quantitative estimate of drug-likeness (QED) is 0.0914. The lowest BCUT2D eigenvalue weighted by atomic mass is 10.0. The molecule has 4 N–H and O–H groups in total. The van der Waals surface area contributed by atoms with Crippen LogP contribution in [0, 0.1) is 34.6 Å². The third-order valence-corrected chi connectivity index (χ3v) is 21.3. The van der Waals surface area contributed by atoms with Crippen LogP contribution in [0.4, 0.5) is 0 Å². The lowest BCUT2D eigenvalue weighted by Gasteiger charge is -2.28. The minimum atomic E-state index is -0.656. The Kier molecular flexibility index (Phi) is 20.6. The highest BCUT2D eigenvalue weighted by atomic mass is 35.5. The second kappa shape index (κ2) is 29.5. The molecule has 0 radical (unpaired) electrons. The molecule has 0 amide bonds. The molecule has 16 rings (SSSR count). The SMILES string of the molecule is Cc1ccc2c(c1)c1c(n2C(C)C(O)c2ccncc2)CCN(C)C1.Cc1ccc2c(c1)c1c(n2CC(O)c2ccncc2C)CCN(C)C1.Cc1ccc2c(c1)c1c(n2CC(O)c2ccncc2Cl)CCN(C)C1.Cc1ccc2c(c1)c1c(n2CC(O)c2cnn(C)c2)CCN(C)C1. The molecule has 4 aliphatic heterocycles. The summed E-state index contributed by atoms with van der Waals surface area (Å²) < 4.78 is 11.0. The van der Waals surface area contributed by atoms with E-state index in [2.05, 4.69) is 194 Å². The minimum Gasteiger partial charge on any atom is -0.387 e. The predicted molar refractivity (Wildman–Crippen MR) is 397 cm³/mol. The second-order valence-corrected chi connectivity index (χ2v) is 28.9. The maximum Gasteiger partial charge on any atom is 0.0999 e. The number of likely N-dealkylation sites (N-methyl/N-ethyl adjacent to an activating group) is 4. The molecular weight excluding hydrogens is 1250 g/mol. The Hall–Kier alpha value is -8.33. The molecule has 0 saturated carbocycles. The van der Waals surface area contributed by atoms with E-state index in [4.69, 9.17) is 11.6 Å². The van der Waals surface area contributed by atoms with Gasteiger partial charge in [0, 0.05) is 206 Å². The van der Waals surface area contributed by atoms with Gasteiger partial charge in [-0.15, -0.1) is 0 Å². The fourth-order valence-electron chi connectivity index (χ4n) is 15.8. The normalized spacial score (nSPS) is 16.6. The average Bonchev–Trinajstić information content (AvgIpc) is 1.63. The van der Waals surface area contributed by atoms with Gasteiger partial charge in [-0.1, -0.05) is 58.1 Å². The summed E-state index contributed by atoms with van der Waals surface area (Å²) in [4.78, 5) is 21.7. The number of rotatable bonds is 12. The largest absolute Gasteiger partial charge is 0.387 e. The van der Waals surface area contributed by atoms with E-state index in [1.54, 1.807) is 47.9 Å². The van der Waals surface area contributed by atoms with Crippen molar-refractivity contribution in [3.05, 3.63) is 247 Å². The lowest BCUT2D eigenvalue weighted by Crippen LogP contribution is -2.28. The van der Waals surface area contributed by atoms with Crippen molar-refractivity contribution in [1.29, 1.82) is 0 Å². The zero-order chi connectivity index (χ0) is 69.5. The van der Waals surface area contributed by atoms with Gasteiger partial charge >= 0.3 is 0 Å². The number of pyridine rings is 3. The van der Waals surface area contributed by atoms with Gasteiger partial charge in [0.15, 0.2) is 0 Å². The van der Waals surface area contributed by atoms with Crippen LogP contribution in [0.3, 0.4) is 0 Å². The molecule has 5 atom stereocenters. The van der Waals surface area contributed by atoms with Crippen LogP contribution in [0.1, 0.15) is 132 Å². The van der Waals surface area contributed by atoms with Gasteiger partial charge in [-0.05, 0) is 181 Å². The summed E-state index contributed by atoms with van der Waals surface area (Å²) in [6.07, 6.45) is 15.8. The number of aliphatic hydroxyl groups excluding tert-OH is 4. The summed E-state index contributed by atoms with van der Waals surface area (Å²) in [6.45, 7) is 22.4. The number of nitrogens with zero attached hydrogens (tertiary/aromatic N) is 13. The first-order valence-electron chi connectivity index (χ1n) is 35.0. The fourth-order valence-corrected chi connectivity index (χ4v) is 16.0. The molecule has 0 aliphatic carbocycles. The van der Waals surface area contributed by atoms with Crippen LogP contribution in [0.5, 0.6) is 0 Å². The number of aryl methyl sites for hydroxylation is 6. The summed E-state index contributed by atoms with van der Waals surface area (Å²) >= 11 is 6.22. The maximum atomic E-state index is 11.0. The highest BCUT2D eigenvalue weighted by Gasteiger charge is 2.31. The van der Waals surface area contributed by atoms with Gasteiger partial charge in [-0.2, -0.15) is 5.10 Å². The van der Waals surface area contributed by atoms with Crippen LogP contribution in [0.25, 0.3) is 43.6 Å². The second-order valence-electron chi connectivity index (χ2n) is 28.5. The predicted octanol–water partition coefficient (Wildman–Crippen LogP) is 13.1. The molecule has 4 aromatic carbocycles. The van der Waals surface area contributed by atoms with E-state index >= 15 is 0 Å². The number of benzene rings is 4.